The Hall–Kier alpha value is -1.68. The van der Waals surface area contributed by atoms with E-state index < -0.39 is 0 Å². The van der Waals surface area contributed by atoms with Gasteiger partial charge in [0, 0.05) is 12.4 Å². The van der Waals surface area contributed by atoms with Crippen LogP contribution in [0.5, 0.6) is 0 Å². The minimum Gasteiger partial charge on any atom is -0.330 e. The van der Waals surface area contributed by atoms with E-state index in [0.29, 0.717) is 12.2 Å². The first-order chi connectivity index (χ1) is 7.72. The molecule has 1 heterocycles. The van der Waals surface area contributed by atoms with E-state index in [1.807, 2.05) is 13.0 Å². The third-order valence-corrected chi connectivity index (χ3v) is 2.68. The maximum Gasteiger partial charge on any atom is 0.147 e. The van der Waals surface area contributed by atoms with E-state index in [0.717, 1.165) is 5.56 Å². The van der Waals surface area contributed by atoms with Crippen LogP contribution in [0.3, 0.4) is 0 Å². The first-order valence-corrected chi connectivity index (χ1v) is 5.20. The largest absolute Gasteiger partial charge is 0.330 e. The van der Waals surface area contributed by atoms with Crippen LogP contribution in [-0.2, 0) is 0 Å². The van der Waals surface area contributed by atoms with Gasteiger partial charge < -0.3 is 10.3 Å². The molecule has 0 aliphatic carbocycles. The summed E-state index contributed by atoms with van der Waals surface area (Å²) in [6.45, 7) is 2.50. The second-order valence-corrected chi connectivity index (χ2v) is 3.82. The molecule has 0 fully saturated rings. The number of nitrogens with two attached hydrogens (primary N) is 1. The van der Waals surface area contributed by atoms with Gasteiger partial charge in [0.15, 0.2) is 0 Å². The predicted molar refractivity (Wildman–Crippen MR) is 61.0 cm³/mol. The molecule has 1 atom stereocenters. The summed E-state index contributed by atoms with van der Waals surface area (Å²) in [5, 5.41) is 0. The third kappa shape index (κ3) is 1.97. The fourth-order valence-electron chi connectivity index (χ4n) is 1.58. The van der Waals surface area contributed by atoms with Crippen LogP contribution in [0.15, 0.2) is 36.9 Å². The highest BCUT2D eigenvalue weighted by Gasteiger charge is 2.08. The maximum atomic E-state index is 13.8. The molecule has 0 spiro atoms. The first-order valence-electron chi connectivity index (χ1n) is 5.20. The lowest BCUT2D eigenvalue weighted by atomic mass is 10.0. The molecule has 1 aromatic heterocycles. The zero-order valence-electron chi connectivity index (χ0n) is 9.10. The average Bonchev–Trinajstić information content (AvgIpc) is 2.81. The van der Waals surface area contributed by atoms with Crippen molar-refractivity contribution in [3.63, 3.8) is 0 Å². The highest BCUT2D eigenvalue weighted by Crippen LogP contribution is 2.20. The van der Waals surface area contributed by atoms with Crippen LogP contribution >= 0.6 is 0 Å². The van der Waals surface area contributed by atoms with Crippen molar-refractivity contribution >= 4 is 0 Å². The van der Waals surface area contributed by atoms with Crippen molar-refractivity contribution in [2.45, 2.75) is 12.8 Å². The molecule has 84 valence electrons. The fourth-order valence-corrected chi connectivity index (χ4v) is 1.58. The van der Waals surface area contributed by atoms with Gasteiger partial charge in [-0.3, -0.25) is 0 Å². The number of hydrogen-bond donors (Lipinski definition) is 1. The molecule has 3 nitrogen and oxygen atoms in total. The number of aromatic nitrogens is 2. The Morgan fingerprint density at radius 2 is 2.31 bits per heavy atom. The van der Waals surface area contributed by atoms with Gasteiger partial charge in [-0.15, -0.1) is 0 Å². The van der Waals surface area contributed by atoms with E-state index in [9.17, 15) is 4.39 Å². The molecule has 1 unspecified atom stereocenters. The van der Waals surface area contributed by atoms with Gasteiger partial charge in [0.2, 0.25) is 0 Å². The van der Waals surface area contributed by atoms with Crippen LogP contribution in [0.2, 0.25) is 0 Å². The number of halogens is 1. The Morgan fingerprint density at radius 1 is 1.50 bits per heavy atom. The lowest BCUT2D eigenvalue weighted by Crippen LogP contribution is -2.09. The molecule has 2 N–H and O–H groups in total. The lowest BCUT2D eigenvalue weighted by Gasteiger charge is -2.11. The molecule has 0 amide bonds. The van der Waals surface area contributed by atoms with Gasteiger partial charge >= 0.3 is 0 Å². The molecular formula is C12H14FN3. The van der Waals surface area contributed by atoms with Crippen LogP contribution in [0.4, 0.5) is 4.39 Å². The van der Waals surface area contributed by atoms with Gasteiger partial charge in [0.05, 0.1) is 12.0 Å². The standard InChI is InChI=1S/C12H14FN3/c1-9(7-14)10-2-3-12(11(13)6-10)16-5-4-15-8-16/h2-6,8-9H,7,14H2,1H3. The predicted octanol–water partition coefficient (Wildman–Crippen LogP) is 2.07. The molecule has 1 aromatic carbocycles. The summed E-state index contributed by atoms with van der Waals surface area (Å²) in [5.74, 6) is -0.0814. The Bertz CT molecular complexity index is 465. The summed E-state index contributed by atoms with van der Waals surface area (Å²) in [6, 6.07) is 5.18. The van der Waals surface area contributed by atoms with Gasteiger partial charge in [-0.05, 0) is 30.2 Å². The highest BCUT2D eigenvalue weighted by molar-refractivity contribution is 5.37. The van der Waals surface area contributed by atoms with Crippen LogP contribution in [0.25, 0.3) is 5.69 Å². The molecule has 2 rings (SSSR count). The molecule has 2 aromatic rings. The van der Waals surface area contributed by atoms with E-state index in [4.69, 9.17) is 5.73 Å². The Kier molecular flexibility index (Phi) is 3.01. The topological polar surface area (TPSA) is 43.8 Å². The fraction of sp³-hybridized carbons (Fsp3) is 0.250. The van der Waals surface area contributed by atoms with E-state index in [1.54, 1.807) is 29.4 Å². The second kappa shape index (κ2) is 4.45. The van der Waals surface area contributed by atoms with Crippen molar-refractivity contribution in [1.82, 2.24) is 9.55 Å². The number of benzene rings is 1. The maximum absolute atomic E-state index is 13.8. The summed E-state index contributed by atoms with van der Waals surface area (Å²) >= 11 is 0. The molecule has 0 radical (unpaired) electrons. The summed E-state index contributed by atoms with van der Waals surface area (Å²) in [7, 11) is 0. The monoisotopic (exact) mass is 219 g/mol. The van der Waals surface area contributed by atoms with E-state index in [-0.39, 0.29) is 11.7 Å². The number of nitrogens with zero attached hydrogens (tertiary/aromatic N) is 2. The molecule has 0 saturated heterocycles. The minimum atomic E-state index is -0.254. The lowest BCUT2D eigenvalue weighted by molar-refractivity contribution is 0.612. The zero-order chi connectivity index (χ0) is 11.5. The van der Waals surface area contributed by atoms with Gasteiger partial charge in [0.25, 0.3) is 0 Å². The highest BCUT2D eigenvalue weighted by atomic mass is 19.1. The zero-order valence-corrected chi connectivity index (χ0v) is 9.10. The summed E-state index contributed by atoms with van der Waals surface area (Å²) < 4.78 is 15.5. The summed E-state index contributed by atoms with van der Waals surface area (Å²) in [4.78, 5) is 3.89. The van der Waals surface area contributed by atoms with Crippen molar-refractivity contribution in [3.05, 3.63) is 48.3 Å². The van der Waals surface area contributed by atoms with Gasteiger partial charge in [-0.25, -0.2) is 9.37 Å². The van der Waals surface area contributed by atoms with E-state index in [1.165, 1.54) is 6.07 Å². The SMILES string of the molecule is CC(CN)c1ccc(-n2ccnc2)c(F)c1. The van der Waals surface area contributed by atoms with Gasteiger partial charge in [-0.2, -0.15) is 0 Å². The van der Waals surface area contributed by atoms with Crippen molar-refractivity contribution in [1.29, 1.82) is 0 Å². The normalized spacial score (nSPS) is 12.7. The Balaban J connectivity index is 2.37. The Labute approximate surface area is 93.7 Å². The molecule has 16 heavy (non-hydrogen) atoms. The van der Waals surface area contributed by atoms with Gasteiger partial charge in [-0.1, -0.05) is 13.0 Å². The number of imidazole rings is 1. The average molecular weight is 219 g/mol. The van der Waals surface area contributed by atoms with Crippen molar-refractivity contribution in [2.24, 2.45) is 5.73 Å². The second-order valence-electron chi connectivity index (χ2n) is 3.82. The molecule has 0 aliphatic heterocycles. The van der Waals surface area contributed by atoms with Crippen molar-refractivity contribution < 1.29 is 4.39 Å². The molecular weight excluding hydrogens is 205 g/mol. The Morgan fingerprint density at radius 3 is 2.88 bits per heavy atom. The number of hydrogen-bond acceptors (Lipinski definition) is 2. The molecule has 4 heteroatoms. The quantitative estimate of drug-likeness (QED) is 0.858. The molecule has 0 aliphatic rings. The van der Waals surface area contributed by atoms with Crippen LogP contribution in [0.1, 0.15) is 18.4 Å². The smallest absolute Gasteiger partial charge is 0.147 e. The minimum absolute atomic E-state index is 0.173. The summed E-state index contributed by atoms with van der Waals surface area (Å²) in [5.41, 5.74) is 6.97. The van der Waals surface area contributed by atoms with E-state index in [2.05, 4.69) is 4.98 Å². The van der Waals surface area contributed by atoms with Crippen LogP contribution in [0, 0.1) is 5.82 Å². The van der Waals surface area contributed by atoms with Crippen LogP contribution < -0.4 is 5.73 Å². The summed E-state index contributed by atoms with van der Waals surface area (Å²) in [6.07, 6.45) is 4.91. The van der Waals surface area contributed by atoms with Crippen molar-refractivity contribution in [3.8, 4) is 5.69 Å². The number of rotatable bonds is 3. The van der Waals surface area contributed by atoms with Crippen LogP contribution in [-0.4, -0.2) is 16.1 Å². The van der Waals surface area contributed by atoms with E-state index >= 15 is 0 Å². The van der Waals surface area contributed by atoms with Crippen molar-refractivity contribution in [2.75, 3.05) is 6.54 Å². The van der Waals surface area contributed by atoms with Gasteiger partial charge in [0.1, 0.15) is 5.82 Å². The first kappa shape index (κ1) is 10.8. The third-order valence-electron chi connectivity index (χ3n) is 2.68. The molecule has 0 bridgehead atoms. The molecule has 0 saturated carbocycles.